The van der Waals surface area contributed by atoms with Gasteiger partial charge < -0.3 is 0 Å². The van der Waals surface area contributed by atoms with Crippen LogP contribution in [0.25, 0.3) is 0 Å². The summed E-state index contributed by atoms with van der Waals surface area (Å²) in [5.74, 6) is -0.0131. The number of ketones is 1. The van der Waals surface area contributed by atoms with E-state index in [1.165, 1.54) is 6.08 Å². The van der Waals surface area contributed by atoms with Crippen LogP contribution in [0, 0.1) is 6.92 Å². The Balaban J connectivity index is 2.65. The van der Waals surface area contributed by atoms with Crippen molar-refractivity contribution in [2.24, 2.45) is 0 Å². The molecule has 0 amide bonds. The van der Waals surface area contributed by atoms with Crippen LogP contribution < -0.4 is 4.72 Å². The Bertz CT molecular complexity index is 491. The average molecular weight is 277 g/mol. The van der Waals surface area contributed by atoms with Gasteiger partial charge >= 0.3 is 0 Å². The number of hydrogen-bond acceptors (Lipinski definition) is 2. The van der Waals surface area contributed by atoms with Gasteiger partial charge in [-0.2, -0.15) is 0 Å². The van der Waals surface area contributed by atoms with Gasteiger partial charge in [0.15, 0.2) is 5.78 Å². The minimum Gasteiger partial charge on any atom is -0.295 e. The van der Waals surface area contributed by atoms with Gasteiger partial charge in [-0.05, 0) is 32.1 Å². The highest BCUT2D eigenvalue weighted by Gasteiger charge is 2.12. The van der Waals surface area contributed by atoms with E-state index >= 15 is 0 Å². The molecule has 1 N–H and O–H groups in total. The summed E-state index contributed by atoms with van der Waals surface area (Å²) in [6, 6.07) is 7.13. The topological polar surface area (TPSA) is 46.2 Å². The standard InChI is InChI=1S/C15H19NO2S/c1-4-6-14(17)11-13(5-2)16-19(18)15-9-7-12(3)8-10-15/h4-10,13,16H,2,11H2,1,3H3/b6-4+/t13-,19-/m0/s1. The summed E-state index contributed by atoms with van der Waals surface area (Å²) < 4.78 is 15.0. The van der Waals surface area contributed by atoms with Crippen molar-refractivity contribution in [1.29, 1.82) is 0 Å². The maximum absolute atomic E-state index is 12.1. The second kappa shape index (κ2) is 7.81. The predicted molar refractivity (Wildman–Crippen MR) is 79.1 cm³/mol. The number of nitrogens with one attached hydrogen (secondary N) is 1. The molecule has 1 aromatic carbocycles. The van der Waals surface area contributed by atoms with Gasteiger partial charge in [0.1, 0.15) is 11.0 Å². The lowest BCUT2D eigenvalue weighted by Gasteiger charge is -2.12. The monoisotopic (exact) mass is 277 g/mol. The first-order chi connectivity index (χ1) is 9.06. The first-order valence-corrected chi connectivity index (χ1v) is 7.24. The highest BCUT2D eigenvalue weighted by atomic mass is 32.2. The van der Waals surface area contributed by atoms with Crippen LogP contribution in [-0.2, 0) is 15.8 Å². The summed E-state index contributed by atoms with van der Waals surface area (Å²) in [6.07, 6.45) is 5.06. The highest BCUT2D eigenvalue weighted by molar-refractivity contribution is 7.83. The third-order valence-corrected chi connectivity index (χ3v) is 3.77. The van der Waals surface area contributed by atoms with E-state index in [1.807, 2.05) is 31.2 Å². The van der Waals surface area contributed by atoms with Crippen molar-refractivity contribution >= 4 is 16.8 Å². The van der Waals surface area contributed by atoms with Crippen LogP contribution in [-0.4, -0.2) is 16.0 Å². The van der Waals surface area contributed by atoms with Crippen LogP contribution >= 0.6 is 0 Å². The van der Waals surface area contributed by atoms with Gasteiger partial charge in [0.25, 0.3) is 0 Å². The Hall–Kier alpha value is -1.52. The van der Waals surface area contributed by atoms with Crippen molar-refractivity contribution in [3.8, 4) is 0 Å². The summed E-state index contributed by atoms with van der Waals surface area (Å²) >= 11 is 0. The third-order valence-electron chi connectivity index (χ3n) is 2.55. The summed E-state index contributed by atoms with van der Waals surface area (Å²) in [5, 5.41) is 0. The van der Waals surface area contributed by atoms with Crippen LogP contribution in [0.15, 0.2) is 54.0 Å². The van der Waals surface area contributed by atoms with E-state index in [9.17, 15) is 9.00 Å². The molecule has 102 valence electrons. The Morgan fingerprint density at radius 2 is 2.05 bits per heavy atom. The average Bonchev–Trinajstić information content (AvgIpc) is 2.38. The maximum atomic E-state index is 12.1. The summed E-state index contributed by atoms with van der Waals surface area (Å²) in [6.45, 7) is 7.43. The highest BCUT2D eigenvalue weighted by Crippen LogP contribution is 2.08. The quantitative estimate of drug-likeness (QED) is 0.615. The fourth-order valence-corrected chi connectivity index (χ4v) is 2.49. The summed E-state index contributed by atoms with van der Waals surface area (Å²) in [5.41, 5.74) is 1.12. The number of aryl methyl sites for hydroxylation is 1. The molecule has 0 aliphatic rings. The van der Waals surface area contributed by atoms with Gasteiger partial charge in [-0.25, -0.2) is 8.93 Å². The zero-order valence-corrected chi connectivity index (χ0v) is 12.1. The van der Waals surface area contributed by atoms with Crippen LogP contribution in [0.2, 0.25) is 0 Å². The Morgan fingerprint density at radius 3 is 2.58 bits per heavy atom. The SMILES string of the molecule is C=C[C@@H](CC(=O)/C=C/C)N[S@@](=O)c1ccc(C)cc1. The number of allylic oxidation sites excluding steroid dienone is 2. The molecule has 0 radical (unpaired) electrons. The van der Waals surface area contributed by atoms with Gasteiger partial charge in [0.05, 0.1) is 4.90 Å². The van der Waals surface area contributed by atoms with Gasteiger partial charge in [-0.3, -0.25) is 4.79 Å². The molecule has 0 bridgehead atoms. The lowest BCUT2D eigenvalue weighted by Crippen LogP contribution is -2.30. The molecule has 0 aromatic heterocycles. The molecule has 0 spiro atoms. The fraction of sp³-hybridized carbons (Fsp3) is 0.267. The van der Waals surface area contributed by atoms with Crippen molar-refractivity contribution in [2.45, 2.75) is 31.2 Å². The largest absolute Gasteiger partial charge is 0.295 e. The molecule has 0 aliphatic carbocycles. The van der Waals surface area contributed by atoms with E-state index in [2.05, 4.69) is 11.3 Å². The summed E-state index contributed by atoms with van der Waals surface area (Å²) in [7, 11) is -1.34. The van der Waals surface area contributed by atoms with E-state index in [-0.39, 0.29) is 18.2 Å². The van der Waals surface area contributed by atoms with Gasteiger partial charge in [-0.1, -0.05) is 29.8 Å². The molecule has 2 atom stereocenters. The van der Waals surface area contributed by atoms with Crippen molar-refractivity contribution in [1.82, 2.24) is 4.72 Å². The smallest absolute Gasteiger partial charge is 0.157 e. The van der Waals surface area contributed by atoms with Crippen molar-refractivity contribution in [2.75, 3.05) is 0 Å². The lowest BCUT2D eigenvalue weighted by atomic mass is 10.1. The van der Waals surface area contributed by atoms with Crippen LogP contribution in [0.4, 0.5) is 0 Å². The second-order valence-corrected chi connectivity index (χ2v) is 5.46. The zero-order chi connectivity index (χ0) is 14.3. The van der Waals surface area contributed by atoms with Crippen molar-refractivity contribution in [3.63, 3.8) is 0 Å². The molecule has 0 aliphatic heterocycles. The van der Waals surface area contributed by atoms with Gasteiger partial charge in [-0.15, -0.1) is 6.58 Å². The molecule has 1 rings (SSSR count). The van der Waals surface area contributed by atoms with Crippen LogP contribution in [0.5, 0.6) is 0 Å². The number of rotatable bonds is 7. The van der Waals surface area contributed by atoms with E-state index in [0.29, 0.717) is 4.90 Å². The Kier molecular flexibility index (Phi) is 6.39. The van der Waals surface area contributed by atoms with E-state index in [0.717, 1.165) is 5.56 Å². The fourth-order valence-electron chi connectivity index (χ4n) is 1.51. The van der Waals surface area contributed by atoms with Gasteiger partial charge in [0.2, 0.25) is 0 Å². The zero-order valence-electron chi connectivity index (χ0n) is 11.3. The van der Waals surface area contributed by atoms with Crippen molar-refractivity contribution < 1.29 is 9.00 Å². The van der Waals surface area contributed by atoms with Crippen LogP contribution in [0.3, 0.4) is 0 Å². The minimum absolute atomic E-state index is 0.0131. The first kappa shape index (κ1) is 15.5. The summed E-state index contributed by atoms with van der Waals surface area (Å²) in [4.78, 5) is 12.2. The minimum atomic E-state index is -1.34. The third kappa shape index (κ3) is 5.32. The van der Waals surface area contributed by atoms with E-state index in [1.54, 1.807) is 19.1 Å². The molecule has 4 heteroatoms. The molecule has 3 nitrogen and oxygen atoms in total. The molecule has 1 aromatic rings. The maximum Gasteiger partial charge on any atom is 0.157 e. The number of carbonyl (C=O) groups excluding carboxylic acids is 1. The molecule has 0 unspecified atom stereocenters. The van der Waals surface area contributed by atoms with E-state index < -0.39 is 11.0 Å². The van der Waals surface area contributed by atoms with Gasteiger partial charge in [0, 0.05) is 12.5 Å². The van der Waals surface area contributed by atoms with E-state index in [4.69, 9.17) is 0 Å². The first-order valence-electron chi connectivity index (χ1n) is 6.09. The lowest BCUT2D eigenvalue weighted by molar-refractivity contribution is -0.114. The Morgan fingerprint density at radius 1 is 1.42 bits per heavy atom. The number of carbonyl (C=O) groups is 1. The molecule has 0 heterocycles. The van der Waals surface area contributed by atoms with Crippen LogP contribution in [0.1, 0.15) is 18.9 Å². The molecular formula is C15H19NO2S. The Labute approximate surface area is 117 Å². The predicted octanol–water partition coefficient (Wildman–Crippen LogP) is 2.70. The molecule has 0 saturated heterocycles. The molecular weight excluding hydrogens is 258 g/mol. The normalized spacial score (nSPS) is 14.2. The second-order valence-electron chi connectivity index (χ2n) is 4.21. The molecule has 0 fully saturated rings. The number of hydrogen-bond donors (Lipinski definition) is 1. The number of benzene rings is 1. The van der Waals surface area contributed by atoms with Crippen molar-refractivity contribution in [3.05, 3.63) is 54.6 Å². The molecule has 19 heavy (non-hydrogen) atoms. The molecule has 0 saturated carbocycles.